The van der Waals surface area contributed by atoms with Crippen LogP contribution in [0.1, 0.15) is 39.4 Å². The van der Waals surface area contributed by atoms with Crippen molar-refractivity contribution in [3.63, 3.8) is 0 Å². The van der Waals surface area contributed by atoms with E-state index in [0.717, 1.165) is 0 Å². The molecule has 4 nitrogen and oxygen atoms in total. The minimum absolute atomic E-state index is 0.128. The Morgan fingerprint density at radius 1 is 1.44 bits per heavy atom. The van der Waals surface area contributed by atoms with Crippen molar-refractivity contribution in [1.82, 2.24) is 0 Å². The van der Waals surface area contributed by atoms with Crippen LogP contribution in [-0.4, -0.2) is 16.8 Å². The van der Waals surface area contributed by atoms with Crippen molar-refractivity contribution >= 4 is 11.8 Å². The predicted molar refractivity (Wildman–Crippen MR) is 66.9 cm³/mol. The van der Waals surface area contributed by atoms with Crippen LogP contribution in [0.5, 0.6) is 0 Å². The smallest absolute Gasteiger partial charge is 0.412 e. The summed E-state index contributed by atoms with van der Waals surface area (Å²) < 4.78 is 18.4. The Morgan fingerprint density at radius 2 is 2.06 bits per heavy atom. The molecule has 0 fully saturated rings. The summed E-state index contributed by atoms with van der Waals surface area (Å²) in [5.74, 6) is -0.514. The summed E-state index contributed by atoms with van der Waals surface area (Å²) in [5.41, 5.74) is -0.0953. The SMILES string of the molecule is C[C@@H](O)c1cc(NC(=O)OC(C)(C)C)ccc1F. The summed E-state index contributed by atoms with van der Waals surface area (Å²) >= 11 is 0. The molecule has 0 unspecified atom stereocenters. The molecule has 1 amide bonds. The van der Waals surface area contributed by atoms with Gasteiger partial charge in [0.2, 0.25) is 0 Å². The number of halogens is 1. The monoisotopic (exact) mass is 255 g/mol. The van der Waals surface area contributed by atoms with E-state index in [-0.39, 0.29) is 5.56 Å². The lowest BCUT2D eigenvalue weighted by Crippen LogP contribution is -2.27. The maximum Gasteiger partial charge on any atom is 0.412 e. The van der Waals surface area contributed by atoms with Crippen molar-refractivity contribution in [2.45, 2.75) is 39.4 Å². The second-order valence-electron chi connectivity index (χ2n) is 5.04. The van der Waals surface area contributed by atoms with Crippen molar-refractivity contribution in [1.29, 1.82) is 0 Å². The summed E-state index contributed by atoms with van der Waals surface area (Å²) in [4.78, 5) is 11.5. The van der Waals surface area contributed by atoms with Gasteiger partial charge in [-0.15, -0.1) is 0 Å². The second-order valence-corrected chi connectivity index (χ2v) is 5.04. The third kappa shape index (κ3) is 4.33. The fourth-order valence-electron chi connectivity index (χ4n) is 1.36. The van der Waals surface area contributed by atoms with Crippen molar-refractivity contribution in [3.8, 4) is 0 Å². The molecule has 100 valence electrons. The number of rotatable bonds is 2. The first-order valence-corrected chi connectivity index (χ1v) is 5.66. The van der Waals surface area contributed by atoms with E-state index in [1.807, 2.05) is 0 Å². The van der Waals surface area contributed by atoms with Gasteiger partial charge < -0.3 is 9.84 Å². The van der Waals surface area contributed by atoms with E-state index in [0.29, 0.717) is 5.69 Å². The van der Waals surface area contributed by atoms with E-state index in [2.05, 4.69) is 5.32 Å². The third-order valence-corrected chi connectivity index (χ3v) is 2.09. The molecule has 0 spiro atoms. The zero-order valence-corrected chi connectivity index (χ0v) is 11.0. The lowest BCUT2D eigenvalue weighted by Gasteiger charge is -2.20. The third-order valence-electron chi connectivity index (χ3n) is 2.09. The molecule has 1 aromatic rings. The molecule has 1 rings (SSSR count). The van der Waals surface area contributed by atoms with Gasteiger partial charge in [-0.05, 0) is 45.9 Å². The molecule has 1 atom stereocenters. The molecule has 0 aliphatic rings. The number of carbonyl (C=O) groups excluding carboxylic acids is 1. The first kappa shape index (κ1) is 14.4. The lowest BCUT2D eigenvalue weighted by atomic mass is 10.1. The van der Waals surface area contributed by atoms with E-state index in [1.165, 1.54) is 25.1 Å². The topological polar surface area (TPSA) is 58.6 Å². The van der Waals surface area contributed by atoms with Crippen LogP contribution in [0.4, 0.5) is 14.9 Å². The zero-order chi connectivity index (χ0) is 13.9. The van der Waals surface area contributed by atoms with Crippen LogP contribution in [0.25, 0.3) is 0 Å². The highest BCUT2D eigenvalue weighted by atomic mass is 19.1. The van der Waals surface area contributed by atoms with Crippen molar-refractivity contribution in [2.75, 3.05) is 5.32 Å². The molecule has 0 heterocycles. The standard InChI is InChI=1S/C13H18FNO3/c1-8(16)10-7-9(5-6-11(10)14)15-12(17)18-13(2,3)4/h5-8,16H,1-4H3,(H,15,17)/t8-/m1/s1. The number of nitrogens with one attached hydrogen (secondary N) is 1. The molecule has 5 heteroatoms. The summed E-state index contributed by atoms with van der Waals surface area (Å²) in [6, 6.07) is 3.98. The summed E-state index contributed by atoms with van der Waals surface area (Å²) in [7, 11) is 0. The van der Waals surface area contributed by atoms with Gasteiger partial charge in [0.25, 0.3) is 0 Å². The molecule has 18 heavy (non-hydrogen) atoms. The first-order chi connectivity index (χ1) is 8.19. The van der Waals surface area contributed by atoms with E-state index in [1.54, 1.807) is 20.8 Å². The number of hydrogen-bond acceptors (Lipinski definition) is 3. The van der Waals surface area contributed by atoms with Crippen LogP contribution in [0.2, 0.25) is 0 Å². The van der Waals surface area contributed by atoms with Gasteiger partial charge in [-0.3, -0.25) is 5.32 Å². The van der Waals surface area contributed by atoms with Crippen LogP contribution in [0.15, 0.2) is 18.2 Å². The number of aliphatic hydroxyl groups excluding tert-OH is 1. The molecule has 0 saturated carbocycles. The normalized spacial score (nSPS) is 13.0. The van der Waals surface area contributed by atoms with Gasteiger partial charge in [0.05, 0.1) is 6.10 Å². The molecule has 0 aliphatic carbocycles. The molecule has 0 aliphatic heterocycles. The number of hydrogen-bond donors (Lipinski definition) is 2. The number of aliphatic hydroxyl groups is 1. The molecule has 0 bridgehead atoms. The minimum atomic E-state index is -0.939. The first-order valence-electron chi connectivity index (χ1n) is 5.66. The van der Waals surface area contributed by atoms with Crippen molar-refractivity contribution < 1.29 is 19.0 Å². The van der Waals surface area contributed by atoms with E-state index in [4.69, 9.17) is 4.74 Å². The summed E-state index contributed by atoms with van der Waals surface area (Å²) in [5, 5.41) is 11.8. The number of amides is 1. The molecule has 0 saturated heterocycles. The lowest BCUT2D eigenvalue weighted by molar-refractivity contribution is 0.0636. The molecular weight excluding hydrogens is 237 g/mol. The Kier molecular flexibility index (Phi) is 4.29. The van der Waals surface area contributed by atoms with Crippen LogP contribution < -0.4 is 5.32 Å². The van der Waals surface area contributed by atoms with Crippen LogP contribution in [-0.2, 0) is 4.74 Å². The molecule has 2 N–H and O–H groups in total. The van der Waals surface area contributed by atoms with Gasteiger partial charge in [-0.25, -0.2) is 9.18 Å². The number of anilines is 1. The number of carbonyl (C=O) groups is 1. The maximum atomic E-state index is 13.3. The van der Waals surface area contributed by atoms with Crippen LogP contribution in [0.3, 0.4) is 0 Å². The van der Waals surface area contributed by atoms with Gasteiger partial charge in [-0.2, -0.15) is 0 Å². The number of benzene rings is 1. The Bertz CT molecular complexity index is 438. The van der Waals surface area contributed by atoms with Crippen LogP contribution >= 0.6 is 0 Å². The fourth-order valence-corrected chi connectivity index (χ4v) is 1.36. The van der Waals surface area contributed by atoms with E-state index in [9.17, 15) is 14.3 Å². The van der Waals surface area contributed by atoms with Gasteiger partial charge in [0, 0.05) is 11.3 Å². The molecule has 1 aromatic carbocycles. The second kappa shape index (κ2) is 5.35. The minimum Gasteiger partial charge on any atom is -0.444 e. The highest BCUT2D eigenvalue weighted by Gasteiger charge is 2.17. The van der Waals surface area contributed by atoms with Crippen molar-refractivity contribution in [3.05, 3.63) is 29.6 Å². The van der Waals surface area contributed by atoms with Gasteiger partial charge in [-0.1, -0.05) is 0 Å². The average Bonchev–Trinajstić information content (AvgIpc) is 2.17. The summed E-state index contributed by atoms with van der Waals surface area (Å²) in [6.07, 6.45) is -1.56. The zero-order valence-electron chi connectivity index (χ0n) is 11.0. The molecule has 0 aromatic heterocycles. The van der Waals surface area contributed by atoms with Gasteiger partial charge in [0.1, 0.15) is 11.4 Å². The quantitative estimate of drug-likeness (QED) is 0.853. The highest BCUT2D eigenvalue weighted by molar-refractivity contribution is 5.84. The molecule has 0 radical (unpaired) electrons. The maximum absolute atomic E-state index is 13.3. The Balaban J connectivity index is 2.80. The Labute approximate surface area is 106 Å². The largest absolute Gasteiger partial charge is 0.444 e. The van der Waals surface area contributed by atoms with Gasteiger partial charge in [0.15, 0.2) is 0 Å². The fraction of sp³-hybridized carbons (Fsp3) is 0.462. The van der Waals surface area contributed by atoms with E-state index < -0.39 is 23.6 Å². The molecular formula is C13H18FNO3. The predicted octanol–water partition coefficient (Wildman–Crippen LogP) is 3.23. The average molecular weight is 255 g/mol. The highest BCUT2D eigenvalue weighted by Crippen LogP contribution is 2.21. The number of ether oxygens (including phenoxy) is 1. The van der Waals surface area contributed by atoms with Gasteiger partial charge >= 0.3 is 6.09 Å². The van der Waals surface area contributed by atoms with Crippen LogP contribution in [0, 0.1) is 5.82 Å². The Hall–Kier alpha value is -1.62. The van der Waals surface area contributed by atoms with Crippen molar-refractivity contribution in [2.24, 2.45) is 0 Å². The Morgan fingerprint density at radius 3 is 2.56 bits per heavy atom. The van der Waals surface area contributed by atoms with E-state index >= 15 is 0 Å². The summed E-state index contributed by atoms with van der Waals surface area (Å²) in [6.45, 7) is 6.70.